The second-order valence-corrected chi connectivity index (χ2v) is 3.54. The van der Waals surface area contributed by atoms with Crippen molar-refractivity contribution < 1.29 is 9.90 Å². The second kappa shape index (κ2) is 5.81. The summed E-state index contributed by atoms with van der Waals surface area (Å²) in [4.78, 5) is 13.4. The van der Waals surface area contributed by atoms with Gasteiger partial charge >= 0.3 is 5.97 Å². The van der Waals surface area contributed by atoms with E-state index >= 15 is 0 Å². The van der Waals surface area contributed by atoms with E-state index in [1.54, 1.807) is 12.1 Å². The summed E-state index contributed by atoms with van der Waals surface area (Å²) in [6.45, 7) is 0.0645. The zero-order valence-electron chi connectivity index (χ0n) is 8.01. The molecule has 0 bridgehead atoms. The van der Waals surface area contributed by atoms with Crippen molar-refractivity contribution >= 4 is 21.9 Å². The zero-order valence-corrected chi connectivity index (χ0v) is 9.60. The summed E-state index contributed by atoms with van der Waals surface area (Å²) in [6, 6.07) is 4.75. The first kappa shape index (κ1) is 12.1. The van der Waals surface area contributed by atoms with Crippen molar-refractivity contribution in [1.82, 2.24) is 0 Å². The molecule has 0 spiro atoms. The van der Waals surface area contributed by atoms with Gasteiger partial charge in [0.25, 0.3) is 0 Å². The molecule has 0 saturated carbocycles. The third-order valence-electron chi connectivity index (χ3n) is 1.64. The molecule has 6 heteroatoms. The van der Waals surface area contributed by atoms with Crippen LogP contribution in [-0.2, 0) is 0 Å². The van der Waals surface area contributed by atoms with Crippen molar-refractivity contribution in [2.45, 2.75) is 0 Å². The highest BCUT2D eigenvalue weighted by Gasteiger charge is 2.07. The Balaban J connectivity index is 2.97. The van der Waals surface area contributed by atoms with E-state index in [1.165, 1.54) is 6.07 Å². The standard InChI is InChI=1S/C10H6BrN3O2/c11-9-4-3-7(2-1-5-13-14-12)6-8(9)10(15)16/h3-4,6H,5H2,(H,15,16). The van der Waals surface area contributed by atoms with Gasteiger partial charge in [0.05, 0.1) is 12.1 Å². The van der Waals surface area contributed by atoms with Gasteiger partial charge in [-0.25, -0.2) is 4.79 Å². The molecule has 0 saturated heterocycles. The van der Waals surface area contributed by atoms with Crippen molar-refractivity contribution in [3.8, 4) is 11.8 Å². The minimum atomic E-state index is -1.02. The molecule has 0 unspecified atom stereocenters. The highest BCUT2D eigenvalue weighted by atomic mass is 79.9. The summed E-state index contributed by atoms with van der Waals surface area (Å²) >= 11 is 3.13. The SMILES string of the molecule is [N-]=[N+]=NCC#Cc1ccc(Br)c(C(=O)O)c1. The number of carboxylic acid groups (broad SMARTS) is 1. The van der Waals surface area contributed by atoms with E-state index in [9.17, 15) is 4.79 Å². The summed E-state index contributed by atoms with van der Waals surface area (Å²) in [6.07, 6.45) is 0. The Labute approximate surface area is 99.8 Å². The van der Waals surface area contributed by atoms with Crippen LogP contribution in [0.1, 0.15) is 15.9 Å². The van der Waals surface area contributed by atoms with Crippen LogP contribution in [0, 0.1) is 11.8 Å². The Morgan fingerprint density at radius 2 is 2.38 bits per heavy atom. The minimum Gasteiger partial charge on any atom is -0.478 e. The normalized spacial score (nSPS) is 8.56. The number of hydrogen-bond donors (Lipinski definition) is 1. The molecule has 1 N–H and O–H groups in total. The van der Waals surface area contributed by atoms with Gasteiger partial charge in [0.1, 0.15) is 0 Å². The maximum Gasteiger partial charge on any atom is 0.336 e. The van der Waals surface area contributed by atoms with Crippen molar-refractivity contribution in [2.75, 3.05) is 6.54 Å². The molecule has 0 amide bonds. The number of benzene rings is 1. The van der Waals surface area contributed by atoms with Crippen LogP contribution >= 0.6 is 15.9 Å². The summed E-state index contributed by atoms with van der Waals surface area (Å²) in [5, 5.41) is 12.1. The van der Waals surface area contributed by atoms with Crippen LogP contribution in [0.4, 0.5) is 0 Å². The van der Waals surface area contributed by atoms with E-state index in [-0.39, 0.29) is 12.1 Å². The minimum absolute atomic E-state index is 0.0645. The van der Waals surface area contributed by atoms with Gasteiger partial charge in [-0.3, -0.25) is 0 Å². The Hall–Kier alpha value is -1.96. The fraction of sp³-hybridized carbons (Fsp3) is 0.100. The molecule has 1 rings (SSSR count). The molecule has 0 aliphatic carbocycles. The first-order valence-electron chi connectivity index (χ1n) is 4.17. The van der Waals surface area contributed by atoms with Gasteiger partial charge in [-0.2, -0.15) is 0 Å². The molecule has 0 aromatic heterocycles. The highest BCUT2D eigenvalue weighted by Crippen LogP contribution is 2.17. The molecule has 0 heterocycles. The number of azide groups is 1. The van der Waals surface area contributed by atoms with Crippen LogP contribution in [0.25, 0.3) is 10.4 Å². The predicted octanol–water partition coefficient (Wildman–Crippen LogP) is 2.81. The van der Waals surface area contributed by atoms with Crippen molar-refractivity contribution in [2.24, 2.45) is 5.11 Å². The molecular formula is C10H6BrN3O2. The fourth-order valence-corrected chi connectivity index (χ4v) is 1.39. The number of halogens is 1. The monoisotopic (exact) mass is 279 g/mol. The molecular weight excluding hydrogens is 274 g/mol. The molecule has 1 aromatic carbocycles. The summed E-state index contributed by atoms with van der Waals surface area (Å²) in [5.41, 5.74) is 8.74. The quantitative estimate of drug-likeness (QED) is 0.391. The van der Waals surface area contributed by atoms with Gasteiger partial charge in [0.2, 0.25) is 0 Å². The number of rotatable bonds is 2. The Bertz CT molecular complexity index is 525. The topological polar surface area (TPSA) is 86.1 Å². The number of carboxylic acids is 1. The van der Waals surface area contributed by atoms with Gasteiger partial charge in [-0.05, 0) is 39.7 Å². The van der Waals surface area contributed by atoms with Crippen LogP contribution < -0.4 is 0 Å². The summed E-state index contributed by atoms with van der Waals surface area (Å²) in [7, 11) is 0. The van der Waals surface area contributed by atoms with Gasteiger partial charge in [0.15, 0.2) is 0 Å². The van der Waals surface area contributed by atoms with Gasteiger partial charge in [-0.1, -0.05) is 17.0 Å². The molecule has 0 fully saturated rings. The van der Waals surface area contributed by atoms with Crippen molar-refractivity contribution in [3.63, 3.8) is 0 Å². The van der Waals surface area contributed by atoms with Gasteiger partial charge < -0.3 is 5.11 Å². The average Bonchev–Trinajstić information content (AvgIpc) is 2.26. The first-order chi connectivity index (χ1) is 7.65. The zero-order chi connectivity index (χ0) is 12.0. The molecule has 1 aromatic rings. The van der Waals surface area contributed by atoms with E-state index in [2.05, 4.69) is 37.8 Å². The maximum atomic E-state index is 10.8. The van der Waals surface area contributed by atoms with E-state index in [0.29, 0.717) is 10.0 Å². The molecule has 80 valence electrons. The third-order valence-corrected chi connectivity index (χ3v) is 2.33. The van der Waals surface area contributed by atoms with Crippen molar-refractivity contribution in [1.29, 1.82) is 0 Å². The lowest BCUT2D eigenvalue weighted by Gasteiger charge is -1.98. The van der Waals surface area contributed by atoms with Gasteiger partial charge in [-0.15, -0.1) is 0 Å². The second-order valence-electron chi connectivity index (χ2n) is 2.69. The average molecular weight is 280 g/mol. The predicted molar refractivity (Wildman–Crippen MR) is 62.0 cm³/mol. The highest BCUT2D eigenvalue weighted by molar-refractivity contribution is 9.10. The lowest BCUT2D eigenvalue weighted by Crippen LogP contribution is -1.97. The molecule has 5 nitrogen and oxygen atoms in total. The molecule has 16 heavy (non-hydrogen) atoms. The maximum absolute atomic E-state index is 10.8. The van der Waals surface area contributed by atoms with E-state index in [4.69, 9.17) is 10.6 Å². The van der Waals surface area contributed by atoms with Crippen molar-refractivity contribution in [3.05, 3.63) is 44.2 Å². The fourth-order valence-electron chi connectivity index (χ4n) is 0.975. The molecule has 0 radical (unpaired) electrons. The lowest BCUT2D eigenvalue weighted by molar-refractivity contribution is 0.0696. The number of carbonyl (C=O) groups is 1. The third kappa shape index (κ3) is 3.31. The number of nitrogens with zero attached hydrogens (tertiary/aromatic N) is 3. The Morgan fingerprint density at radius 1 is 1.62 bits per heavy atom. The molecule has 0 aliphatic heterocycles. The van der Waals surface area contributed by atoms with Crippen LogP contribution in [-0.4, -0.2) is 17.6 Å². The van der Waals surface area contributed by atoms with E-state index in [0.717, 1.165) is 0 Å². The lowest BCUT2D eigenvalue weighted by atomic mass is 10.1. The Kier molecular flexibility index (Phi) is 4.40. The summed E-state index contributed by atoms with van der Waals surface area (Å²) in [5.74, 6) is 4.29. The van der Waals surface area contributed by atoms with Crippen LogP contribution in [0.5, 0.6) is 0 Å². The Morgan fingerprint density at radius 3 is 3.00 bits per heavy atom. The van der Waals surface area contributed by atoms with Crippen LogP contribution in [0.2, 0.25) is 0 Å². The van der Waals surface area contributed by atoms with Crippen LogP contribution in [0.15, 0.2) is 27.8 Å². The van der Waals surface area contributed by atoms with E-state index in [1.807, 2.05) is 0 Å². The number of hydrogen-bond acceptors (Lipinski definition) is 2. The molecule has 0 atom stereocenters. The van der Waals surface area contributed by atoms with E-state index < -0.39 is 5.97 Å². The van der Waals surface area contributed by atoms with Gasteiger partial charge in [0, 0.05) is 14.9 Å². The smallest absolute Gasteiger partial charge is 0.336 e. The van der Waals surface area contributed by atoms with Crippen LogP contribution in [0.3, 0.4) is 0 Å². The first-order valence-corrected chi connectivity index (χ1v) is 4.97. The summed E-state index contributed by atoms with van der Waals surface area (Å²) < 4.78 is 0.501. The largest absolute Gasteiger partial charge is 0.478 e. The number of aromatic carboxylic acids is 1. The molecule has 0 aliphatic rings.